The Kier molecular flexibility index (Phi) is 4.20. The van der Waals surface area contributed by atoms with Crippen molar-refractivity contribution in [2.75, 3.05) is 23.3 Å². The molecule has 1 amide bonds. The zero-order chi connectivity index (χ0) is 18.1. The van der Waals surface area contributed by atoms with Crippen LogP contribution in [-0.4, -0.2) is 23.9 Å². The highest BCUT2D eigenvalue weighted by Gasteiger charge is 2.27. The molecule has 2 aliphatic heterocycles. The zero-order valence-corrected chi connectivity index (χ0v) is 14.3. The molecule has 2 aromatic carbocycles. The third-order valence-corrected chi connectivity index (χ3v) is 4.97. The van der Waals surface area contributed by atoms with Crippen molar-refractivity contribution in [2.24, 2.45) is 0 Å². The number of carbonyl (C=O) groups excluding carboxylic acids is 1. The van der Waals surface area contributed by atoms with Gasteiger partial charge in [0.15, 0.2) is 0 Å². The van der Waals surface area contributed by atoms with E-state index in [-0.39, 0.29) is 16.5 Å². The number of nitrogens with one attached hydrogen (secondary N) is 2. The average molecular weight is 352 g/mol. The fraction of sp³-hybridized carbons (Fsp3) is 0.316. The topological polar surface area (TPSA) is 87.5 Å². The van der Waals surface area contributed by atoms with Gasteiger partial charge in [-0.05, 0) is 37.5 Å². The Morgan fingerprint density at radius 2 is 1.81 bits per heavy atom. The minimum atomic E-state index is -0.494. The molecule has 0 bridgehead atoms. The lowest BCUT2D eigenvalue weighted by Crippen LogP contribution is -2.38. The lowest BCUT2D eigenvalue weighted by atomic mass is 10.0. The molecule has 2 N–H and O–H groups in total. The maximum absolute atomic E-state index is 12.3. The van der Waals surface area contributed by atoms with Gasteiger partial charge in [0, 0.05) is 30.4 Å². The summed E-state index contributed by atoms with van der Waals surface area (Å²) in [7, 11) is 0. The van der Waals surface area contributed by atoms with Gasteiger partial charge in [-0.15, -0.1) is 0 Å². The van der Waals surface area contributed by atoms with E-state index >= 15 is 0 Å². The van der Waals surface area contributed by atoms with Crippen molar-refractivity contribution < 1.29 is 9.72 Å². The number of nitrogens with zero attached hydrogens (tertiary/aromatic N) is 2. The van der Waals surface area contributed by atoms with Crippen LogP contribution in [-0.2, 0) is 0 Å². The fourth-order valence-electron chi connectivity index (χ4n) is 3.64. The van der Waals surface area contributed by atoms with E-state index in [2.05, 4.69) is 15.5 Å². The molecule has 0 aromatic heterocycles. The summed E-state index contributed by atoms with van der Waals surface area (Å²) in [6.45, 7) is 1.68. The number of hydrogen-bond acceptors (Lipinski definition) is 5. The monoisotopic (exact) mass is 352 g/mol. The molecule has 7 heteroatoms. The summed E-state index contributed by atoms with van der Waals surface area (Å²) in [5, 5.41) is 17.7. The molecular weight excluding hydrogens is 332 g/mol. The summed E-state index contributed by atoms with van der Waals surface area (Å²) < 4.78 is 0. The second-order valence-electron chi connectivity index (χ2n) is 6.65. The number of rotatable bonds is 3. The predicted octanol–water partition coefficient (Wildman–Crippen LogP) is 3.44. The van der Waals surface area contributed by atoms with Crippen molar-refractivity contribution in [1.82, 2.24) is 5.32 Å². The summed E-state index contributed by atoms with van der Waals surface area (Å²) in [5.74, 6) is -0.188. The number of nitro benzene ring substituents is 1. The van der Waals surface area contributed by atoms with Crippen LogP contribution < -0.4 is 15.5 Å². The first kappa shape index (κ1) is 16.4. The molecule has 134 valence electrons. The lowest BCUT2D eigenvalue weighted by Gasteiger charge is -2.30. The van der Waals surface area contributed by atoms with Gasteiger partial charge < -0.3 is 15.5 Å². The van der Waals surface area contributed by atoms with Gasteiger partial charge in [-0.1, -0.05) is 18.2 Å². The van der Waals surface area contributed by atoms with Gasteiger partial charge in [0.05, 0.1) is 10.5 Å². The second kappa shape index (κ2) is 6.67. The molecule has 0 saturated carbocycles. The molecule has 1 atom stereocenters. The Morgan fingerprint density at radius 1 is 1.04 bits per heavy atom. The SMILES string of the molecule is O=C1N[C@H](c2ccc(N3CCCCC3)c([N+](=O)[O-])c2)Nc2ccccc21. The first-order valence-corrected chi connectivity index (χ1v) is 8.83. The van der Waals surface area contributed by atoms with Gasteiger partial charge in [0.2, 0.25) is 0 Å². The first-order valence-electron chi connectivity index (χ1n) is 8.83. The normalized spacial score (nSPS) is 19.3. The molecule has 0 aliphatic carbocycles. The van der Waals surface area contributed by atoms with Crippen LogP contribution in [0.2, 0.25) is 0 Å². The molecule has 0 spiro atoms. The quantitative estimate of drug-likeness (QED) is 0.653. The summed E-state index contributed by atoms with van der Waals surface area (Å²) in [6.07, 6.45) is 2.78. The Morgan fingerprint density at radius 3 is 2.58 bits per heavy atom. The van der Waals surface area contributed by atoms with Crippen molar-refractivity contribution in [3.05, 3.63) is 63.7 Å². The van der Waals surface area contributed by atoms with E-state index in [0.29, 0.717) is 16.8 Å². The third-order valence-electron chi connectivity index (χ3n) is 4.97. The lowest BCUT2D eigenvalue weighted by molar-refractivity contribution is -0.384. The van der Waals surface area contributed by atoms with E-state index in [9.17, 15) is 14.9 Å². The maximum atomic E-state index is 12.3. The van der Waals surface area contributed by atoms with Crippen LogP contribution in [0, 0.1) is 10.1 Å². The van der Waals surface area contributed by atoms with Crippen LogP contribution in [0.4, 0.5) is 17.1 Å². The van der Waals surface area contributed by atoms with Crippen molar-refractivity contribution in [3.63, 3.8) is 0 Å². The zero-order valence-electron chi connectivity index (χ0n) is 14.3. The Bertz CT molecular complexity index is 862. The number of anilines is 2. The molecule has 2 aromatic rings. The van der Waals surface area contributed by atoms with E-state index in [1.165, 1.54) is 6.42 Å². The van der Waals surface area contributed by atoms with Crippen molar-refractivity contribution >= 4 is 23.0 Å². The maximum Gasteiger partial charge on any atom is 0.292 e. The highest BCUT2D eigenvalue weighted by molar-refractivity contribution is 6.01. The van der Waals surface area contributed by atoms with E-state index < -0.39 is 6.17 Å². The van der Waals surface area contributed by atoms with Gasteiger partial charge in [0.25, 0.3) is 11.6 Å². The number of carbonyl (C=O) groups is 1. The fourth-order valence-corrected chi connectivity index (χ4v) is 3.64. The number of fused-ring (bicyclic) bond motifs is 1. The van der Waals surface area contributed by atoms with Crippen LogP contribution in [0.5, 0.6) is 0 Å². The van der Waals surface area contributed by atoms with E-state index in [1.807, 2.05) is 18.2 Å². The Hall–Kier alpha value is -3.09. The van der Waals surface area contributed by atoms with Gasteiger partial charge in [0.1, 0.15) is 11.9 Å². The number of para-hydroxylation sites is 1. The van der Waals surface area contributed by atoms with Crippen molar-refractivity contribution in [1.29, 1.82) is 0 Å². The number of nitro groups is 1. The highest BCUT2D eigenvalue weighted by Crippen LogP contribution is 2.34. The van der Waals surface area contributed by atoms with Gasteiger partial charge in [-0.3, -0.25) is 14.9 Å². The molecule has 0 unspecified atom stereocenters. The molecule has 4 rings (SSSR count). The Balaban J connectivity index is 1.66. The molecule has 26 heavy (non-hydrogen) atoms. The van der Waals surface area contributed by atoms with E-state index in [0.717, 1.165) is 31.6 Å². The van der Waals surface area contributed by atoms with Gasteiger partial charge in [-0.25, -0.2) is 0 Å². The summed E-state index contributed by atoms with van der Waals surface area (Å²) in [6, 6.07) is 12.4. The highest BCUT2D eigenvalue weighted by atomic mass is 16.6. The van der Waals surface area contributed by atoms with E-state index in [1.54, 1.807) is 24.3 Å². The average Bonchev–Trinajstić information content (AvgIpc) is 2.68. The van der Waals surface area contributed by atoms with Crippen molar-refractivity contribution in [2.45, 2.75) is 25.4 Å². The van der Waals surface area contributed by atoms with Gasteiger partial charge >= 0.3 is 0 Å². The molecule has 2 heterocycles. The predicted molar refractivity (Wildman–Crippen MR) is 99.4 cm³/mol. The molecule has 1 fully saturated rings. The number of benzene rings is 2. The van der Waals surface area contributed by atoms with Crippen molar-refractivity contribution in [3.8, 4) is 0 Å². The first-order chi connectivity index (χ1) is 12.6. The van der Waals surface area contributed by atoms with Crippen LogP contribution in [0.25, 0.3) is 0 Å². The minimum absolute atomic E-state index is 0.0827. The van der Waals surface area contributed by atoms with Crippen LogP contribution in [0.15, 0.2) is 42.5 Å². The number of amides is 1. The van der Waals surface area contributed by atoms with Crippen LogP contribution in [0.1, 0.15) is 41.3 Å². The molecule has 7 nitrogen and oxygen atoms in total. The largest absolute Gasteiger partial charge is 0.366 e. The summed E-state index contributed by atoms with van der Waals surface area (Å²) >= 11 is 0. The molecule has 2 aliphatic rings. The summed E-state index contributed by atoms with van der Waals surface area (Å²) in [5.41, 5.74) is 2.70. The Labute approximate surface area is 151 Å². The minimum Gasteiger partial charge on any atom is -0.366 e. The van der Waals surface area contributed by atoms with Gasteiger partial charge in [-0.2, -0.15) is 0 Å². The standard InChI is InChI=1S/C19H20N4O3/c24-19-14-6-2-3-7-15(14)20-18(21-19)13-8-9-16(17(12-13)23(25)26)22-10-4-1-5-11-22/h2-3,6-9,12,18,20H,1,4-5,10-11H2,(H,21,24)/t18-/m1/s1. The second-order valence-corrected chi connectivity index (χ2v) is 6.65. The number of piperidine rings is 1. The smallest absolute Gasteiger partial charge is 0.292 e. The molecule has 0 radical (unpaired) electrons. The van der Waals surface area contributed by atoms with E-state index in [4.69, 9.17) is 0 Å². The third kappa shape index (κ3) is 2.96. The van der Waals surface area contributed by atoms with Crippen LogP contribution in [0.3, 0.4) is 0 Å². The molecular formula is C19H20N4O3. The number of hydrogen-bond donors (Lipinski definition) is 2. The molecule has 1 saturated heterocycles. The summed E-state index contributed by atoms with van der Waals surface area (Å²) in [4.78, 5) is 25.7. The van der Waals surface area contributed by atoms with Crippen LogP contribution >= 0.6 is 0 Å².